The zero-order valence-corrected chi connectivity index (χ0v) is 10.5. The average molecular weight is 237 g/mol. The minimum atomic E-state index is 0.808. The van der Waals surface area contributed by atoms with E-state index in [2.05, 4.69) is 12.2 Å². The van der Waals surface area contributed by atoms with E-state index in [-0.39, 0.29) is 0 Å². The van der Waals surface area contributed by atoms with Crippen molar-refractivity contribution in [2.45, 2.75) is 51.4 Å². The maximum atomic E-state index is 5.58. The summed E-state index contributed by atoms with van der Waals surface area (Å²) in [4.78, 5) is 0. The molecule has 0 radical (unpaired) electrons. The van der Waals surface area contributed by atoms with E-state index < -0.39 is 0 Å². The Hall–Kier alpha value is 0.320. The predicted octanol–water partition coefficient (Wildman–Crippen LogP) is 5.14. The van der Waals surface area contributed by atoms with Crippen LogP contribution in [0.25, 0.3) is 0 Å². The molecule has 0 atom stereocenters. The van der Waals surface area contributed by atoms with Crippen LogP contribution in [0.3, 0.4) is 0 Å². The Labute approximate surface area is 98.7 Å². The SMILES string of the molecule is ClCCCCC/C=C/CCCCCCl. The summed E-state index contributed by atoms with van der Waals surface area (Å²) in [5.41, 5.74) is 0. The van der Waals surface area contributed by atoms with Crippen molar-refractivity contribution in [3.63, 3.8) is 0 Å². The van der Waals surface area contributed by atoms with Gasteiger partial charge < -0.3 is 0 Å². The monoisotopic (exact) mass is 236 g/mol. The highest BCUT2D eigenvalue weighted by atomic mass is 35.5. The van der Waals surface area contributed by atoms with Crippen molar-refractivity contribution in [2.24, 2.45) is 0 Å². The van der Waals surface area contributed by atoms with E-state index in [0.717, 1.165) is 24.6 Å². The quantitative estimate of drug-likeness (QED) is 0.280. The molecule has 0 spiro atoms. The van der Waals surface area contributed by atoms with Gasteiger partial charge in [0.05, 0.1) is 0 Å². The molecule has 0 heterocycles. The lowest BCUT2D eigenvalue weighted by Gasteiger charge is -1.95. The van der Waals surface area contributed by atoms with Crippen LogP contribution in [0, 0.1) is 0 Å². The Morgan fingerprint density at radius 1 is 0.571 bits per heavy atom. The molecular weight excluding hydrogens is 215 g/mol. The van der Waals surface area contributed by atoms with Gasteiger partial charge in [-0.15, -0.1) is 23.2 Å². The summed E-state index contributed by atoms with van der Waals surface area (Å²) in [6.45, 7) is 0. The van der Waals surface area contributed by atoms with Gasteiger partial charge in [-0.1, -0.05) is 25.0 Å². The topological polar surface area (TPSA) is 0 Å². The van der Waals surface area contributed by atoms with Crippen molar-refractivity contribution in [2.75, 3.05) is 11.8 Å². The molecule has 0 saturated heterocycles. The second kappa shape index (κ2) is 13.3. The molecule has 0 aromatic carbocycles. The molecule has 0 N–H and O–H groups in total. The van der Waals surface area contributed by atoms with Crippen molar-refractivity contribution in [1.82, 2.24) is 0 Å². The first-order chi connectivity index (χ1) is 6.91. The molecule has 0 aliphatic heterocycles. The molecule has 0 aromatic rings. The fraction of sp³-hybridized carbons (Fsp3) is 0.833. The zero-order valence-electron chi connectivity index (χ0n) is 8.98. The molecule has 0 saturated carbocycles. The van der Waals surface area contributed by atoms with Gasteiger partial charge in [-0.25, -0.2) is 0 Å². The van der Waals surface area contributed by atoms with Gasteiger partial charge in [-0.05, 0) is 38.5 Å². The molecular formula is C12H22Cl2. The number of allylic oxidation sites excluding steroid dienone is 2. The molecule has 0 aliphatic rings. The highest BCUT2D eigenvalue weighted by Crippen LogP contribution is 2.05. The predicted molar refractivity (Wildman–Crippen MR) is 67.5 cm³/mol. The van der Waals surface area contributed by atoms with E-state index in [4.69, 9.17) is 23.2 Å². The number of unbranched alkanes of at least 4 members (excludes halogenated alkanes) is 6. The summed E-state index contributed by atoms with van der Waals surface area (Å²) in [5.74, 6) is 1.62. The first-order valence-corrected chi connectivity index (χ1v) is 6.75. The Bertz CT molecular complexity index is 107. The maximum Gasteiger partial charge on any atom is 0.0223 e. The second-order valence-corrected chi connectivity index (χ2v) is 4.30. The van der Waals surface area contributed by atoms with Gasteiger partial charge in [0.25, 0.3) is 0 Å². The molecule has 0 aromatic heterocycles. The molecule has 2 heteroatoms. The number of alkyl halides is 2. The molecule has 14 heavy (non-hydrogen) atoms. The standard InChI is InChI=1S/C12H22Cl2/c13-11-9-7-5-3-1-2-4-6-8-10-12-14/h1-2H,3-12H2/b2-1+. The lowest BCUT2D eigenvalue weighted by molar-refractivity contribution is 0.718. The lowest BCUT2D eigenvalue weighted by Crippen LogP contribution is -1.78. The summed E-state index contributed by atoms with van der Waals surface area (Å²) >= 11 is 11.2. The van der Waals surface area contributed by atoms with Crippen LogP contribution in [-0.4, -0.2) is 11.8 Å². The Balaban J connectivity index is 2.96. The summed E-state index contributed by atoms with van der Waals surface area (Å²) in [6.07, 6.45) is 14.4. The van der Waals surface area contributed by atoms with E-state index in [1.54, 1.807) is 0 Å². The van der Waals surface area contributed by atoms with Crippen LogP contribution in [0.4, 0.5) is 0 Å². The maximum absolute atomic E-state index is 5.58. The van der Waals surface area contributed by atoms with Crippen LogP contribution in [-0.2, 0) is 0 Å². The van der Waals surface area contributed by atoms with Gasteiger partial charge in [0.1, 0.15) is 0 Å². The summed E-state index contributed by atoms with van der Waals surface area (Å²) in [7, 11) is 0. The summed E-state index contributed by atoms with van der Waals surface area (Å²) in [5, 5.41) is 0. The number of hydrogen-bond donors (Lipinski definition) is 0. The van der Waals surface area contributed by atoms with Crippen molar-refractivity contribution in [1.29, 1.82) is 0 Å². The van der Waals surface area contributed by atoms with Gasteiger partial charge in [0, 0.05) is 11.8 Å². The van der Waals surface area contributed by atoms with Crippen LogP contribution in [0.5, 0.6) is 0 Å². The Morgan fingerprint density at radius 2 is 1.00 bits per heavy atom. The molecule has 84 valence electrons. The molecule has 0 fully saturated rings. The number of hydrogen-bond acceptors (Lipinski definition) is 0. The van der Waals surface area contributed by atoms with Gasteiger partial charge in [0.15, 0.2) is 0 Å². The number of rotatable bonds is 10. The average Bonchev–Trinajstić information content (AvgIpc) is 2.21. The van der Waals surface area contributed by atoms with Crippen molar-refractivity contribution < 1.29 is 0 Å². The third kappa shape index (κ3) is 12.3. The Morgan fingerprint density at radius 3 is 1.36 bits per heavy atom. The van der Waals surface area contributed by atoms with Crippen molar-refractivity contribution >= 4 is 23.2 Å². The van der Waals surface area contributed by atoms with Crippen LogP contribution in [0.15, 0.2) is 12.2 Å². The summed E-state index contributed by atoms with van der Waals surface area (Å²) in [6, 6.07) is 0. The van der Waals surface area contributed by atoms with E-state index in [9.17, 15) is 0 Å². The summed E-state index contributed by atoms with van der Waals surface area (Å²) < 4.78 is 0. The highest BCUT2D eigenvalue weighted by Gasteiger charge is 1.86. The smallest absolute Gasteiger partial charge is 0.0223 e. The van der Waals surface area contributed by atoms with Crippen LogP contribution >= 0.6 is 23.2 Å². The lowest BCUT2D eigenvalue weighted by atomic mass is 10.1. The van der Waals surface area contributed by atoms with Crippen molar-refractivity contribution in [3.8, 4) is 0 Å². The third-order valence-corrected chi connectivity index (χ3v) is 2.71. The van der Waals surface area contributed by atoms with Crippen LogP contribution in [0.2, 0.25) is 0 Å². The van der Waals surface area contributed by atoms with E-state index in [1.807, 2.05) is 0 Å². The van der Waals surface area contributed by atoms with E-state index in [0.29, 0.717) is 0 Å². The third-order valence-electron chi connectivity index (χ3n) is 2.18. The largest absolute Gasteiger partial charge is 0.127 e. The van der Waals surface area contributed by atoms with Gasteiger partial charge >= 0.3 is 0 Å². The molecule has 0 aliphatic carbocycles. The van der Waals surface area contributed by atoms with Gasteiger partial charge in [-0.3, -0.25) is 0 Å². The fourth-order valence-corrected chi connectivity index (χ4v) is 1.68. The van der Waals surface area contributed by atoms with Gasteiger partial charge in [-0.2, -0.15) is 0 Å². The minimum Gasteiger partial charge on any atom is -0.127 e. The van der Waals surface area contributed by atoms with Gasteiger partial charge in [0.2, 0.25) is 0 Å². The number of halogens is 2. The first-order valence-electron chi connectivity index (χ1n) is 5.68. The Kier molecular flexibility index (Phi) is 13.6. The fourth-order valence-electron chi connectivity index (χ4n) is 1.30. The molecule has 0 bridgehead atoms. The zero-order chi connectivity index (χ0) is 10.5. The molecule has 0 unspecified atom stereocenters. The minimum absolute atomic E-state index is 0.808. The first kappa shape index (κ1) is 14.3. The molecule has 0 rings (SSSR count). The normalized spacial score (nSPS) is 11.3. The van der Waals surface area contributed by atoms with Crippen molar-refractivity contribution in [3.05, 3.63) is 12.2 Å². The molecule has 0 amide bonds. The van der Waals surface area contributed by atoms with Crippen LogP contribution in [0.1, 0.15) is 51.4 Å². The molecule has 0 nitrogen and oxygen atoms in total. The highest BCUT2D eigenvalue weighted by molar-refractivity contribution is 6.18. The van der Waals surface area contributed by atoms with E-state index >= 15 is 0 Å². The van der Waals surface area contributed by atoms with E-state index in [1.165, 1.54) is 38.5 Å². The second-order valence-electron chi connectivity index (χ2n) is 3.55. The van der Waals surface area contributed by atoms with Crippen LogP contribution < -0.4 is 0 Å².